The molecule has 0 radical (unpaired) electrons. The van der Waals surface area contributed by atoms with Gasteiger partial charge in [0.25, 0.3) is 5.91 Å². The first kappa shape index (κ1) is 19.9. The number of fused-ring (bicyclic) bond motifs is 2. The average Bonchev–Trinajstić information content (AvgIpc) is 2.73. The van der Waals surface area contributed by atoms with E-state index in [4.69, 9.17) is 0 Å². The monoisotopic (exact) mass is 397 g/mol. The fourth-order valence-electron chi connectivity index (χ4n) is 4.41. The van der Waals surface area contributed by atoms with E-state index >= 15 is 0 Å². The first-order valence-corrected chi connectivity index (χ1v) is 10.3. The number of carbonyl (C=O) groups is 1. The highest BCUT2D eigenvalue weighted by Crippen LogP contribution is 2.38. The normalized spacial score (nSPS) is 15.2. The van der Waals surface area contributed by atoms with Crippen LogP contribution >= 0.6 is 0 Å². The summed E-state index contributed by atoms with van der Waals surface area (Å²) in [7, 11) is 0. The molecule has 0 unspecified atom stereocenters. The second-order valence-electron chi connectivity index (χ2n) is 8.23. The zero-order chi connectivity index (χ0) is 21.3. The van der Waals surface area contributed by atoms with Crippen LogP contribution in [0.5, 0.6) is 0 Å². The fraction of sp³-hybridized carbons (Fsp3) is 0.231. The highest BCUT2D eigenvalue weighted by atomic mass is 16.2. The number of likely N-dealkylation sites (N-methyl/N-ethyl adjacent to an activating group) is 1. The number of hydrazone groups is 1. The fourth-order valence-corrected chi connectivity index (χ4v) is 4.41. The van der Waals surface area contributed by atoms with Gasteiger partial charge in [0.05, 0.1) is 11.8 Å². The smallest absolute Gasteiger partial charge is 0.271 e. The third-order valence-electron chi connectivity index (χ3n) is 5.73. The predicted octanol–water partition coefficient (Wildman–Crippen LogP) is 5.63. The highest BCUT2D eigenvalue weighted by Gasteiger charge is 2.29. The summed E-state index contributed by atoms with van der Waals surface area (Å²) in [5, 5.41) is 6.17. The summed E-state index contributed by atoms with van der Waals surface area (Å²) in [4.78, 5) is 15.0. The van der Waals surface area contributed by atoms with E-state index in [0.29, 0.717) is 5.56 Å². The highest BCUT2D eigenvalue weighted by molar-refractivity contribution is 6.07. The van der Waals surface area contributed by atoms with Crippen molar-refractivity contribution in [3.8, 4) is 0 Å². The summed E-state index contributed by atoms with van der Waals surface area (Å²) in [5.74, 6) is -0.212. The van der Waals surface area contributed by atoms with Crippen LogP contribution in [0.1, 0.15) is 49.2 Å². The molecule has 0 saturated heterocycles. The van der Waals surface area contributed by atoms with E-state index in [0.717, 1.165) is 22.9 Å². The van der Waals surface area contributed by atoms with E-state index < -0.39 is 0 Å². The molecule has 152 valence electrons. The van der Waals surface area contributed by atoms with Crippen molar-refractivity contribution in [1.82, 2.24) is 5.43 Å². The molecule has 0 aromatic heterocycles. The molecule has 1 amide bonds. The standard InChI is InChI=1S/C26H27N3O/c1-5-29-24-14-13-19(15-23(24)18(2)16-26(29,3)4)17-27-28-25(30)22-12-8-10-20-9-6-7-11-21(20)22/h6-17H,5H2,1-4H3,(H,28,30)/b27-17+. The molecule has 1 aliphatic heterocycles. The molecule has 4 rings (SSSR count). The van der Waals surface area contributed by atoms with E-state index in [1.54, 1.807) is 6.21 Å². The van der Waals surface area contributed by atoms with Crippen molar-refractivity contribution >= 4 is 34.2 Å². The van der Waals surface area contributed by atoms with E-state index in [1.165, 1.54) is 16.8 Å². The van der Waals surface area contributed by atoms with Gasteiger partial charge in [0.2, 0.25) is 0 Å². The molecule has 3 aromatic carbocycles. The van der Waals surface area contributed by atoms with Gasteiger partial charge in [0.1, 0.15) is 0 Å². The van der Waals surface area contributed by atoms with Crippen molar-refractivity contribution in [3.05, 3.63) is 83.4 Å². The van der Waals surface area contributed by atoms with E-state index in [-0.39, 0.29) is 11.4 Å². The van der Waals surface area contributed by atoms with Crippen LogP contribution < -0.4 is 10.3 Å². The quantitative estimate of drug-likeness (QED) is 0.458. The number of amides is 1. The van der Waals surface area contributed by atoms with Crippen LogP contribution in [0.2, 0.25) is 0 Å². The summed E-state index contributed by atoms with van der Waals surface area (Å²) in [5.41, 5.74) is 7.94. The number of rotatable bonds is 4. The molecule has 0 atom stereocenters. The third-order valence-corrected chi connectivity index (χ3v) is 5.73. The van der Waals surface area contributed by atoms with E-state index in [2.05, 4.69) is 61.3 Å². The SMILES string of the molecule is CCN1c2ccc(/C=N/NC(=O)c3cccc4ccccc34)cc2C(C)=CC1(C)C. The van der Waals surface area contributed by atoms with Gasteiger partial charge in [0, 0.05) is 23.4 Å². The summed E-state index contributed by atoms with van der Waals surface area (Å²) < 4.78 is 0. The van der Waals surface area contributed by atoms with Crippen LogP contribution in [0, 0.1) is 0 Å². The Morgan fingerprint density at radius 2 is 1.87 bits per heavy atom. The van der Waals surface area contributed by atoms with E-state index in [1.807, 2.05) is 48.5 Å². The largest absolute Gasteiger partial charge is 0.363 e. The molecular formula is C26H27N3O. The molecule has 1 heterocycles. The number of anilines is 1. The summed E-state index contributed by atoms with van der Waals surface area (Å²) >= 11 is 0. The molecule has 0 saturated carbocycles. The first-order valence-electron chi connectivity index (χ1n) is 10.3. The van der Waals surface area contributed by atoms with Crippen molar-refractivity contribution in [2.24, 2.45) is 5.10 Å². The molecule has 3 aromatic rings. The van der Waals surface area contributed by atoms with Gasteiger partial charge in [-0.05, 0) is 67.8 Å². The lowest BCUT2D eigenvalue weighted by Gasteiger charge is -2.42. The van der Waals surface area contributed by atoms with Crippen LogP contribution in [0.3, 0.4) is 0 Å². The van der Waals surface area contributed by atoms with E-state index in [9.17, 15) is 4.79 Å². The second-order valence-corrected chi connectivity index (χ2v) is 8.23. The predicted molar refractivity (Wildman–Crippen MR) is 126 cm³/mol. The number of hydrogen-bond acceptors (Lipinski definition) is 3. The topological polar surface area (TPSA) is 44.7 Å². The van der Waals surface area contributed by atoms with Crippen LogP contribution in [-0.4, -0.2) is 24.2 Å². The maximum atomic E-state index is 12.6. The molecule has 0 aliphatic carbocycles. The Labute approximate surface area is 177 Å². The molecule has 0 spiro atoms. The first-order chi connectivity index (χ1) is 14.4. The Hall–Kier alpha value is -3.40. The lowest BCUT2D eigenvalue weighted by atomic mass is 9.88. The second kappa shape index (κ2) is 7.79. The summed E-state index contributed by atoms with van der Waals surface area (Å²) in [6.07, 6.45) is 4.01. The van der Waals surface area contributed by atoms with Crippen molar-refractivity contribution in [1.29, 1.82) is 0 Å². The van der Waals surface area contributed by atoms with Gasteiger partial charge in [-0.2, -0.15) is 5.10 Å². The maximum absolute atomic E-state index is 12.6. The van der Waals surface area contributed by atoms with Crippen molar-refractivity contribution in [2.45, 2.75) is 33.2 Å². The maximum Gasteiger partial charge on any atom is 0.271 e. The molecule has 0 bridgehead atoms. The number of benzene rings is 3. The van der Waals surface area contributed by atoms with Crippen molar-refractivity contribution in [3.63, 3.8) is 0 Å². The number of nitrogens with zero attached hydrogens (tertiary/aromatic N) is 2. The Kier molecular flexibility index (Phi) is 5.17. The minimum atomic E-state index is -0.212. The van der Waals surface area contributed by atoms with Crippen LogP contribution in [-0.2, 0) is 0 Å². The van der Waals surface area contributed by atoms with Crippen molar-refractivity contribution in [2.75, 3.05) is 11.4 Å². The van der Waals surface area contributed by atoms with Crippen LogP contribution in [0.4, 0.5) is 5.69 Å². The Bertz CT molecular complexity index is 1170. The molecule has 1 N–H and O–H groups in total. The van der Waals surface area contributed by atoms with Gasteiger partial charge in [-0.1, -0.05) is 48.5 Å². The molecular weight excluding hydrogens is 370 g/mol. The molecule has 1 aliphatic rings. The van der Waals surface area contributed by atoms with Gasteiger partial charge < -0.3 is 4.90 Å². The molecule has 30 heavy (non-hydrogen) atoms. The summed E-state index contributed by atoms with van der Waals surface area (Å²) in [6, 6.07) is 19.9. The lowest BCUT2D eigenvalue weighted by molar-refractivity contribution is 0.0957. The zero-order valence-electron chi connectivity index (χ0n) is 17.9. The average molecular weight is 398 g/mol. The van der Waals surface area contributed by atoms with Crippen LogP contribution in [0.25, 0.3) is 16.3 Å². The van der Waals surface area contributed by atoms with Crippen LogP contribution in [0.15, 0.2) is 71.8 Å². The van der Waals surface area contributed by atoms with Crippen molar-refractivity contribution < 1.29 is 4.79 Å². The van der Waals surface area contributed by atoms with Gasteiger partial charge in [-0.25, -0.2) is 5.43 Å². The van der Waals surface area contributed by atoms with Gasteiger partial charge in [-0.15, -0.1) is 0 Å². The zero-order valence-corrected chi connectivity index (χ0v) is 17.9. The van der Waals surface area contributed by atoms with Gasteiger partial charge in [-0.3, -0.25) is 4.79 Å². The summed E-state index contributed by atoms with van der Waals surface area (Å²) in [6.45, 7) is 9.75. The lowest BCUT2D eigenvalue weighted by Crippen LogP contribution is -2.44. The molecule has 4 heteroatoms. The Morgan fingerprint density at radius 1 is 1.10 bits per heavy atom. The van der Waals surface area contributed by atoms with Gasteiger partial charge >= 0.3 is 0 Å². The number of nitrogens with one attached hydrogen (secondary N) is 1. The Balaban J connectivity index is 1.55. The van der Waals surface area contributed by atoms with Gasteiger partial charge in [0.15, 0.2) is 0 Å². The third kappa shape index (κ3) is 3.61. The molecule has 4 nitrogen and oxygen atoms in total. The minimum absolute atomic E-state index is 0.00608. The number of hydrogen-bond donors (Lipinski definition) is 1. The minimum Gasteiger partial charge on any atom is -0.363 e. The molecule has 0 fully saturated rings. The Morgan fingerprint density at radius 3 is 2.67 bits per heavy atom. The number of carbonyl (C=O) groups excluding carboxylic acids is 1. The number of allylic oxidation sites excluding steroid dienone is 1.